The normalized spacial score (nSPS) is 16.8. The molecule has 0 fully saturated rings. The zero-order chi connectivity index (χ0) is 17.7. The number of carbonyl (C=O) groups is 2. The number of rotatable bonds is 4. The number of benzene rings is 1. The molecule has 1 heterocycles. The van der Waals surface area contributed by atoms with Gasteiger partial charge in [-0.25, -0.2) is 4.79 Å². The molecular weight excluding hydrogens is 310 g/mol. The number of hydrogen-bond donors (Lipinski definition) is 0. The summed E-state index contributed by atoms with van der Waals surface area (Å²) in [6, 6.07) is 7.32. The van der Waals surface area contributed by atoms with Gasteiger partial charge in [-0.05, 0) is 46.2 Å². The van der Waals surface area contributed by atoms with E-state index in [2.05, 4.69) is 0 Å². The first-order valence-electron chi connectivity index (χ1n) is 8.22. The summed E-state index contributed by atoms with van der Waals surface area (Å²) in [6.07, 6.45) is 0.0335. The minimum atomic E-state index is -0.579. The SMILES string of the molecule is CCOC(=O)CCC1CN(C(=O)OC(C)(C)C)c2ccccc2O1. The Kier molecular flexibility index (Phi) is 5.70. The highest BCUT2D eigenvalue weighted by Gasteiger charge is 2.32. The summed E-state index contributed by atoms with van der Waals surface area (Å²) in [5.74, 6) is 0.354. The number of esters is 1. The maximum absolute atomic E-state index is 12.5. The lowest BCUT2D eigenvalue weighted by atomic mass is 10.1. The first-order chi connectivity index (χ1) is 11.3. The van der Waals surface area contributed by atoms with E-state index in [1.807, 2.05) is 45.0 Å². The second-order valence-corrected chi connectivity index (χ2v) is 6.64. The van der Waals surface area contributed by atoms with Crippen molar-refractivity contribution in [2.24, 2.45) is 0 Å². The van der Waals surface area contributed by atoms with E-state index in [9.17, 15) is 9.59 Å². The van der Waals surface area contributed by atoms with Crippen LogP contribution in [0.15, 0.2) is 24.3 Å². The molecule has 0 saturated carbocycles. The van der Waals surface area contributed by atoms with Gasteiger partial charge in [0.25, 0.3) is 0 Å². The topological polar surface area (TPSA) is 65.1 Å². The largest absolute Gasteiger partial charge is 0.486 e. The van der Waals surface area contributed by atoms with Gasteiger partial charge in [-0.3, -0.25) is 9.69 Å². The average Bonchev–Trinajstić information content (AvgIpc) is 2.50. The number of carbonyl (C=O) groups excluding carboxylic acids is 2. The maximum atomic E-state index is 12.5. The number of para-hydroxylation sites is 2. The number of hydrogen-bond acceptors (Lipinski definition) is 5. The molecule has 0 saturated heterocycles. The monoisotopic (exact) mass is 335 g/mol. The summed E-state index contributed by atoms with van der Waals surface area (Å²) in [7, 11) is 0. The number of nitrogens with zero attached hydrogens (tertiary/aromatic N) is 1. The van der Waals surface area contributed by atoms with Crippen LogP contribution in [-0.4, -0.2) is 36.9 Å². The fourth-order valence-corrected chi connectivity index (χ4v) is 2.45. The van der Waals surface area contributed by atoms with Crippen molar-refractivity contribution in [2.75, 3.05) is 18.1 Å². The van der Waals surface area contributed by atoms with E-state index < -0.39 is 11.7 Å². The van der Waals surface area contributed by atoms with Crippen LogP contribution in [-0.2, 0) is 14.3 Å². The van der Waals surface area contributed by atoms with Gasteiger partial charge in [0.2, 0.25) is 0 Å². The fraction of sp³-hybridized carbons (Fsp3) is 0.556. The molecule has 2 rings (SSSR count). The smallest absolute Gasteiger partial charge is 0.415 e. The molecule has 1 aromatic carbocycles. The highest BCUT2D eigenvalue weighted by Crippen LogP contribution is 2.35. The van der Waals surface area contributed by atoms with E-state index in [0.29, 0.717) is 31.0 Å². The Morgan fingerprint density at radius 1 is 1.29 bits per heavy atom. The highest BCUT2D eigenvalue weighted by molar-refractivity contribution is 5.90. The Bertz CT molecular complexity index is 593. The van der Waals surface area contributed by atoms with E-state index >= 15 is 0 Å². The molecule has 0 N–H and O–H groups in total. The second-order valence-electron chi connectivity index (χ2n) is 6.64. The van der Waals surface area contributed by atoms with Crippen molar-refractivity contribution in [1.29, 1.82) is 0 Å². The van der Waals surface area contributed by atoms with Gasteiger partial charge in [-0.15, -0.1) is 0 Å². The van der Waals surface area contributed by atoms with Crippen molar-refractivity contribution < 1.29 is 23.8 Å². The summed E-state index contributed by atoms with van der Waals surface area (Å²) in [6.45, 7) is 7.96. The molecule has 6 nitrogen and oxygen atoms in total. The van der Waals surface area contributed by atoms with Crippen LogP contribution < -0.4 is 9.64 Å². The van der Waals surface area contributed by atoms with Crippen LogP contribution in [0.1, 0.15) is 40.5 Å². The van der Waals surface area contributed by atoms with E-state index in [1.165, 1.54) is 0 Å². The number of amides is 1. The van der Waals surface area contributed by atoms with Gasteiger partial charge in [0, 0.05) is 6.42 Å². The lowest BCUT2D eigenvalue weighted by molar-refractivity contribution is -0.143. The maximum Gasteiger partial charge on any atom is 0.415 e. The molecule has 1 aromatic rings. The standard InChI is InChI=1S/C18H25NO5/c1-5-22-16(20)11-10-13-12-19(17(21)24-18(2,3)4)14-8-6-7-9-15(14)23-13/h6-9,13H,5,10-12H2,1-4H3. The fourth-order valence-electron chi connectivity index (χ4n) is 2.45. The van der Waals surface area contributed by atoms with Crippen molar-refractivity contribution in [2.45, 2.75) is 52.2 Å². The Hall–Kier alpha value is -2.24. The van der Waals surface area contributed by atoms with Gasteiger partial charge in [-0.2, -0.15) is 0 Å². The van der Waals surface area contributed by atoms with Crippen molar-refractivity contribution in [1.82, 2.24) is 0 Å². The minimum absolute atomic E-state index is 0.253. The molecule has 132 valence electrons. The summed E-state index contributed by atoms with van der Waals surface area (Å²) in [4.78, 5) is 25.6. The third-order valence-electron chi connectivity index (χ3n) is 3.43. The first-order valence-corrected chi connectivity index (χ1v) is 8.22. The quantitative estimate of drug-likeness (QED) is 0.788. The molecule has 1 unspecified atom stereocenters. The summed E-state index contributed by atoms with van der Waals surface area (Å²) in [5, 5.41) is 0. The number of ether oxygens (including phenoxy) is 3. The minimum Gasteiger partial charge on any atom is -0.486 e. The Labute approximate surface area is 142 Å². The molecule has 0 aromatic heterocycles. The number of anilines is 1. The third kappa shape index (κ3) is 4.88. The summed E-state index contributed by atoms with van der Waals surface area (Å²) >= 11 is 0. The lowest BCUT2D eigenvalue weighted by Gasteiger charge is -2.35. The Morgan fingerprint density at radius 3 is 2.67 bits per heavy atom. The van der Waals surface area contributed by atoms with Crippen LogP contribution in [0, 0.1) is 0 Å². The zero-order valence-electron chi connectivity index (χ0n) is 14.7. The van der Waals surface area contributed by atoms with E-state index in [1.54, 1.807) is 11.8 Å². The van der Waals surface area contributed by atoms with Crippen LogP contribution in [0.3, 0.4) is 0 Å². The Balaban J connectivity index is 2.11. The van der Waals surface area contributed by atoms with Crippen molar-refractivity contribution in [3.05, 3.63) is 24.3 Å². The molecule has 24 heavy (non-hydrogen) atoms. The summed E-state index contributed by atoms with van der Waals surface area (Å²) < 4.78 is 16.3. The lowest BCUT2D eigenvalue weighted by Crippen LogP contribution is -2.45. The van der Waals surface area contributed by atoms with E-state index in [0.717, 1.165) is 0 Å². The summed E-state index contributed by atoms with van der Waals surface area (Å²) in [5.41, 5.74) is 0.101. The van der Waals surface area contributed by atoms with Crippen LogP contribution in [0.4, 0.5) is 10.5 Å². The van der Waals surface area contributed by atoms with Crippen molar-refractivity contribution >= 4 is 17.7 Å². The van der Waals surface area contributed by atoms with Crippen LogP contribution in [0.25, 0.3) is 0 Å². The van der Waals surface area contributed by atoms with Gasteiger partial charge in [0.1, 0.15) is 17.5 Å². The van der Waals surface area contributed by atoms with E-state index in [4.69, 9.17) is 14.2 Å². The molecular formula is C18H25NO5. The van der Waals surface area contributed by atoms with Gasteiger partial charge < -0.3 is 14.2 Å². The molecule has 0 spiro atoms. The highest BCUT2D eigenvalue weighted by atomic mass is 16.6. The molecule has 0 aliphatic carbocycles. The van der Waals surface area contributed by atoms with Gasteiger partial charge in [-0.1, -0.05) is 12.1 Å². The van der Waals surface area contributed by atoms with Crippen LogP contribution in [0.2, 0.25) is 0 Å². The van der Waals surface area contributed by atoms with Crippen molar-refractivity contribution in [3.63, 3.8) is 0 Å². The molecule has 6 heteroatoms. The van der Waals surface area contributed by atoms with Gasteiger partial charge >= 0.3 is 12.1 Å². The molecule has 1 aliphatic rings. The zero-order valence-corrected chi connectivity index (χ0v) is 14.7. The molecule has 1 aliphatic heterocycles. The number of fused-ring (bicyclic) bond motifs is 1. The van der Waals surface area contributed by atoms with Crippen molar-refractivity contribution in [3.8, 4) is 5.75 Å². The Morgan fingerprint density at radius 2 is 2.00 bits per heavy atom. The van der Waals surface area contributed by atoms with E-state index in [-0.39, 0.29) is 18.5 Å². The second kappa shape index (κ2) is 7.55. The van der Waals surface area contributed by atoms with Gasteiger partial charge in [0.15, 0.2) is 0 Å². The average molecular weight is 335 g/mol. The molecule has 1 atom stereocenters. The van der Waals surface area contributed by atoms with Crippen LogP contribution >= 0.6 is 0 Å². The molecule has 0 bridgehead atoms. The predicted molar refractivity (Wildman–Crippen MR) is 90.3 cm³/mol. The molecule has 0 radical (unpaired) electrons. The molecule has 1 amide bonds. The first kappa shape index (κ1) is 18.1. The third-order valence-corrected chi connectivity index (χ3v) is 3.43. The predicted octanol–water partition coefficient (Wildman–Crippen LogP) is 3.53. The van der Waals surface area contributed by atoms with Gasteiger partial charge in [0.05, 0.1) is 18.8 Å². The van der Waals surface area contributed by atoms with Crippen LogP contribution in [0.5, 0.6) is 5.75 Å².